The summed E-state index contributed by atoms with van der Waals surface area (Å²) in [5, 5.41) is 9.14. The lowest BCUT2D eigenvalue weighted by atomic mass is 10.0. The van der Waals surface area contributed by atoms with Crippen LogP contribution in [0, 0.1) is 0 Å². The maximum atomic E-state index is 12.0. The molecule has 4 nitrogen and oxygen atoms in total. The number of fused-ring (bicyclic) bond motifs is 1. The lowest BCUT2D eigenvalue weighted by Gasteiger charge is -2.06. The summed E-state index contributed by atoms with van der Waals surface area (Å²) in [6.07, 6.45) is 1.58. The van der Waals surface area contributed by atoms with Crippen LogP contribution < -0.4 is 0 Å². The highest BCUT2D eigenvalue weighted by Gasteiger charge is 2.18. The van der Waals surface area contributed by atoms with Crippen molar-refractivity contribution >= 4 is 16.7 Å². The van der Waals surface area contributed by atoms with Gasteiger partial charge in [0.15, 0.2) is 0 Å². The van der Waals surface area contributed by atoms with Gasteiger partial charge in [0.1, 0.15) is 11.3 Å². The molecule has 0 spiro atoms. The molecule has 0 aliphatic carbocycles. The quantitative estimate of drug-likeness (QED) is 0.739. The number of hydrogen-bond acceptors (Lipinski definition) is 3. The minimum Gasteiger partial charge on any atom is -0.462 e. The van der Waals surface area contributed by atoms with Gasteiger partial charge in [0, 0.05) is 11.8 Å². The van der Waals surface area contributed by atoms with E-state index in [9.17, 15) is 4.79 Å². The van der Waals surface area contributed by atoms with Crippen molar-refractivity contribution in [1.29, 1.82) is 0 Å². The molecule has 4 heteroatoms. The third-order valence-electron chi connectivity index (χ3n) is 3.18. The van der Waals surface area contributed by atoms with Crippen LogP contribution >= 0.6 is 0 Å². The Hall–Kier alpha value is -2.62. The highest BCUT2D eigenvalue weighted by Crippen LogP contribution is 2.29. The maximum Gasteiger partial charge on any atom is 0.341 e. The highest BCUT2D eigenvalue weighted by molar-refractivity contribution is 6.02. The van der Waals surface area contributed by atoms with E-state index in [0.717, 1.165) is 16.3 Å². The van der Waals surface area contributed by atoms with Crippen LogP contribution in [-0.4, -0.2) is 22.8 Å². The second-order valence-electron chi connectivity index (χ2n) is 4.39. The molecular weight excluding hydrogens is 252 g/mol. The minimum absolute atomic E-state index is 0.346. The molecule has 2 aromatic carbocycles. The topological polar surface area (TPSA) is 55.0 Å². The van der Waals surface area contributed by atoms with Crippen molar-refractivity contribution in [3.05, 3.63) is 54.2 Å². The van der Waals surface area contributed by atoms with E-state index < -0.39 is 0 Å². The average Bonchev–Trinajstić information content (AvgIpc) is 2.96. The van der Waals surface area contributed by atoms with Crippen LogP contribution in [0.25, 0.3) is 22.0 Å². The zero-order valence-corrected chi connectivity index (χ0v) is 11.1. The Bertz CT molecular complexity index is 757. The number of rotatable bonds is 3. The predicted octanol–water partition coefficient (Wildman–Crippen LogP) is 3.41. The standard InChI is InChI=1S/C16H14N2O2/c1-2-20-16(19)14-10-17-18-15(14)13-9-5-7-11-6-3-4-8-12(11)13/h3-10H,2H2,1H3,(H,17,18). The Morgan fingerprint density at radius 2 is 2.00 bits per heavy atom. The van der Waals surface area contributed by atoms with Gasteiger partial charge in [-0.15, -0.1) is 0 Å². The summed E-state index contributed by atoms with van der Waals surface area (Å²) < 4.78 is 5.06. The van der Waals surface area contributed by atoms with Crippen LogP contribution in [-0.2, 0) is 4.74 Å². The normalized spacial score (nSPS) is 10.7. The summed E-state index contributed by atoms with van der Waals surface area (Å²) >= 11 is 0. The van der Waals surface area contributed by atoms with E-state index >= 15 is 0 Å². The van der Waals surface area contributed by atoms with E-state index in [-0.39, 0.29) is 5.97 Å². The fraction of sp³-hybridized carbons (Fsp3) is 0.125. The van der Waals surface area contributed by atoms with Gasteiger partial charge in [-0.3, -0.25) is 5.10 Å². The van der Waals surface area contributed by atoms with Crippen molar-refractivity contribution in [2.75, 3.05) is 6.61 Å². The van der Waals surface area contributed by atoms with E-state index in [1.807, 2.05) is 42.5 Å². The van der Waals surface area contributed by atoms with Crippen LogP contribution in [0.2, 0.25) is 0 Å². The van der Waals surface area contributed by atoms with Crippen LogP contribution in [0.1, 0.15) is 17.3 Å². The monoisotopic (exact) mass is 266 g/mol. The lowest BCUT2D eigenvalue weighted by Crippen LogP contribution is -2.05. The molecule has 0 fully saturated rings. The number of carbonyl (C=O) groups is 1. The number of nitrogens with zero attached hydrogens (tertiary/aromatic N) is 1. The lowest BCUT2D eigenvalue weighted by molar-refractivity contribution is 0.0527. The van der Waals surface area contributed by atoms with Crippen molar-refractivity contribution in [2.45, 2.75) is 6.92 Å². The Balaban J connectivity index is 2.17. The van der Waals surface area contributed by atoms with Crippen LogP contribution in [0.5, 0.6) is 0 Å². The molecule has 0 aliphatic rings. The fourth-order valence-corrected chi connectivity index (χ4v) is 2.29. The summed E-state index contributed by atoms with van der Waals surface area (Å²) in [5.74, 6) is -0.357. The summed E-state index contributed by atoms with van der Waals surface area (Å²) in [4.78, 5) is 12.0. The Morgan fingerprint density at radius 3 is 2.85 bits per heavy atom. The molecular formula is C16H14N2O2. The van der Waals surface area contributed by atoms with Gasteiger partial charge in [0.2, 0.25) is 0 Å². The number of esters is 1. The molecule has 0 bridgehead atoms. The first-order valence-corrected chi connectivity index (χ1v) is 6.50. The van der Waals surface area contributed by atoms with Crippen molar-refractivity contribution < 1.29 is 9.53 Å². The molecule has 20 heavy (non-hydrogen) atoms. The molecule has 0 unspecified atom stereocenters. The second-order valence-corrected chi connectivity index (χ2v) is 4.39. The molecule has 0 aliphatic heterocycles. The van der Waals surface area contributed by atoms with Crippen LogP contribution in [0.3, 0.4) is 0 Å². The largest absolute Gasteiger partial charge is 0.462 e. The first kappa shape index (κ1) is 12.4. The highest BCUT2D eigenvalue weighted by atomic mass is 16.5. The van der Waals surface area contributed by atoms with Gasteiger partial charge in [-0.2, -0.15) is 5.10 Å². The van der Waals surface area contributed by atoms with Crippen molar-refractivity contribution in [1.82, 2.24) is 10.2 Å². The number of hydrogen-bond donors (Lipinski definition) is 1. The minimum atomic E-state index is -0.357. The average molecular weight is 266 g/mol. The van der Waals surface area contributed by atoms with Gasteiger partial charge in [-0.25, -0.2) is 4.79 Å². The van der Waals surface area contributed by atoms with Crippen LogP contribution in [0.15, 0.2) is 48.7 Å². The predicted molar refractivity (Wildman–Crippen MR) is 77.5 cm³/mol. The van der Waals surface area contributed by atoms with Gasteiger partial charge in [-0.1, -0.05) is 42.5 Å². The van der Waals surface area contributed by atoms with Gasteiger partial charge in [0.25, 0.3) is 0 Å². The molecule has 1 heterocycles. The molecule has 1 N–H and O–H groups in total. The van der Waals surface area contributed by atoms with Crippen molar-refractivity contribution in [2.24, 2.45) is 0 Å². The molecule has 1 aromatic heterocycles. The third kappa shape index (κ3) is 2.05. The Kier molecular flexibility index (Phi) is 3.21. The SMILES string of the molecule is CCOC(=O)c1c[nH]nc1-c1cccc2ccccc12. The van der Waals surface area contributed by atoms with E-state index in [1.165, 1.54) is 0 Å². The van der Waals surface area contributed by atoms with Crippen molar-refractivity contribution in [3.63, 3.8) is 0 Å². The third-order valence-corrected chi connectivity index (χ3v) is 3.18. The first-order valence-electron chi connectivity index (χ1n) is 6.50. The molecule has 3 aromatic rings. The zero-order valence-electron chi connectivity index (χ0n) is 11.1. The number of nitrogens with one attached hydrogen (secondary N) is 1. The van der Waals surface area contributed by atoms with E-state index in [4.69, 9.17) is 4.74 Å². The summed E-state index contributed by atoms with van der Waals surface area (Å²) in [6, 6.07) is 14.0. The number of carbonyl (C=O) groups excluding carboxylic acids is 1. The first-order chi connectivity index (χ1) is 9.81. The number of aromatic amines is 1. The molecule has 0 amide bonds. The maximum absolute atomic E-state index is 12.0. The van der Waals surface area contributed by atoms with Crippen LogP contribution in [0.4, 0.5) is 0 Å². The van der Waals surface area contributed by atoms with Gasteiger partial charge < -0.3 is 4.74 Å². The second kappa shape index (κ2) is 5.17. The number of benzene rings is 2. The molecule has 0 saturated heterocycles. The molecule has 0 radical (unpaired) electrons. The zero-order chi connectivity index (χ0) is 13.9. The summed E-state index contributed by atoms with van der Waals surface area (Å²) in [7, 11) is 0. The van der Waals surface area contributed by atoms with Crippen molar-refractivity contribution in [3.8, 4) is 11.3 Å². The molecule has 0 saturated carbocycles. The number of H-pyrrole nitrogens is 1. The van der Waals surface area contributed by atoms with E-state index in [2.05, 4.69) is 10.2 Å². The smallest absolute Gasteiger partial charge is 0.341 e. The number of aromatic nitrogens is 2. The van der Waals surface area contributed by atoms with E-state index in [0.29, 0.717) is 17.9 Å². The summed E-state index contributed by atoms with van der Waals surface area (Å²) in [6.45, 7) is 2.13. The molecule has 0 atom stereocenters. The van der Waals surface area contributed by atoms with Gasteiger partial charge >= 0.3 is 5.97 Å². The Morgan fingerprint density at radius 1 is 1.20 bits per heavy atom. The molecule has 3 rings (SSSR count). The fourth-order valence-electron chi connectivity index (χ4n) is 2.29. The number of ether oxygens (including phenoxy) is 1. The van der Waals surface area contributed by atoms with Gasteiger partial charge in [0.05, 0.1) is 6.61 Å². The molecule has 100 valence electrons. The van der Waals surface area contributed by atoms with Gasteiger partial charge in [-0.05, 0) is 17.7 Å². The Labute approximate surface area is 116 Å². The summed E-state index contributed by atoms with van der Waals surface area (Å²) in [5.41, 5.74) is 2.01. The van der Waals surface area contributed by atoms with E-state index in [1.54, 1.807) is 13.1 Å².